The van der Waals surface area contributed by atoms with Gasteiger partial charge in [0.1, 0.15) is 5.82 Å². The molecule has 1 N–H and O–H groups in total. The fourth-order valence-electron chi connectivity index (χ4n) is 1.96. The van der Waals surface area contributed by atoms with Crippen LogP contribution in [-0.2, 0) is 25.3 Å². The largest absolute Gasteiger partial charge is 0.307 e. The van der Waals surface area contributed by atoms with Crippen molar-refractivity contribution in [1.29, 1.82) is 0 Å². The molecule has 16 heavy (non-hydrogen) atoms. The summed E-state index contributed by atoms with van der Waals surface area (Å²) in [5, 5.41) is 3.35. The molecule has 0 atom stereocenters. The lowest BCUT2D eigenvalue weighted by Crippen LogP contribution is -2.04. The molecule has 0 unspecified atom stereocenters. The Labute approximate surface area is 101 Å². The van der Waals surface area contributed by atoms with Gasteiger partial charge < -0.3 is 5.32 Å². The maximum Gasteiger partial charge on any atom is 0.138 e. The molecular formula is C12H19N3S. The molecule has 0 spiro atoms. The molecule has 1 aromatic rings. The summed E-state index contributed by atoms with van der Waals surface area (Å²) in [5.74, 6) is 3.16. The van der Waals surface area contributed by atoms with Crippen LogP contribution < -0.4 is 5.32 Å². The summed E-state index contributed by atoms with van der Waals surface area (Å²) in [6.45, 7) is 6.24. The van der Waals surface area contributed by atoms with Gasteiger partial charge in [-0.05, 0) is 18.6 Å². The van der Waals surface area contributed by atoms with E-state index >= 15 is 0 Å². The second-order valence-electron chi connectivity index (χ2n) is 4.02. The van der Waals surface area contributed by atoms with Crippen LogP contribution in [-0.4, -0.2) is 15.7 Å². The van der Waals surface area contributed by atoms with Crippen molar-refractivity contribution in [3.8, 4) is 0 Å². The van der Waals surface area contributed by atoms with Gasteiger partial charge in [-0.25, -0.2) is 9.97 Å². The highest BCUT2D eigenvalue weighted by molar-refractivity contribution is 7.98. The van der Waals surface area contributed by atoms with Gasteiger partial charge in [-0.3, -0.25) is 0 Å². The van der Waals surface area contributed by atoms with E-state index in [2.05, 4.69) is 29.1 Å². The molecule has 1 aromatic heterocycles. The Morgan fingerprint density at radius 1 is 1.25 bits per heavy atom. The molecule has 0 amide bonds. The summed E-state index contributed by atoms with van der Waals surface area (Å²) in [6, 6.07) is 0. The molecule has 0 fully saturated rings. The molecule has 0 bridgehead atoms. The van der Waals surface area contributed by atoms with E-state index in [9.17, 15) is 0 Å². The van der Waals surface area contributed by atoms with Crippen LogP contribution in [0.25, 0.3) is 0 Å². The summed E-state index contributed by atoms with van der Waals surface area (Å²) >= 11 is 1.93. The zero-order chi connectivity index (χ0) is 11.4. The minimum Gasteiger partial charge on any atom is -0.307 e. The minimum absolute atomic E-state index is 0.913. The Morgan fingerprint density at radius 2 is 2.12 bits per heavy atom. The van der Waals surface area contributed by atoms with E-state index in [-0.39, 0.29) is 0 Å². The molecule has 88 valence electrons. The molecule has 0 saturated heterocycles. The van der Waals surface area contributed by atoms with E-state index in [1.54, 1.807) is 0 Å². The highest BCUT2D eigenvalue weighted by Gasteiger charge is 2.17. The third-order valence-electron chi connectivity index (χ3n) is 2.73. The smallest absolute Gasteiger partial charge is 0.138 e. The fourth-order valence-corrected chi connectivity index (χ4v) is 2.70. The average Bonchev–Trinajstić information content (AvgIpc) is 2.76. The number of fused-ring (bicyclic) bond motifs is 1. The topological polar surface area (TPSA) is 37.8 Å². The molecular weight excluding hydrogens is 218 g/mol. The first kappa shape index (κ1) is 11.9. The Kier molecular flexibility index (Phi) is 4.18. The average molecular weight is 237 g/mol. The second-order valence-corrected chi connectivity index (χ2v) is 5.13. The van der Waals surface area contributed by atoms with Crippen molar-refractivity contribution in [3.63, 3.8) is 0 Å². The minimum atomic E-state index is 0.913. The van der Waals surface area contributed by atoms with Crippen LogP contribution in [0.4, 0.5) is 0 Å². The van der Waals surface area contributed by atoms with Crippen LogP contribution >= 0.6 is 11.8 Å². The molecule has 2 rings (SSSR count). The van der Waals surface area contributed by atoms with Gasteiger partial charge in [0.05, 0.1) is 11.4 Å². The van der Waals surface area contributed by atoms with E-state index in [4.69, 9.17) is 0 Å². The van der Waals surface area contributed by atoms with Crippen molar-refractivity contribution in [3.05, 3.63) is 22.8 Å². The number of nitrogens with zero attached hydrogens (tertiary/aromatic N) is 2. The SMILES string of the molecule is CCCSCc1nc(CC)c2c(n1)CNC2. The molecule has 1 aliphatic heterocycles. The van der Waals surface area contributed by atoms with E-state index in [1.807, 2.05) is 11.8 Å². The van der Waals surface area contributed by atoms with Gasteiger partial charge in [0.2, 0.25) is 0 Å². The van der Waals surface area contributed by atoms with Crippen LogP contribution in [0.2, 0.25) is 0 Å². The van der Waals surface area contributed by atoms with Crippen molar-refractivity contribution >= 4 is 11.8 Å². The quantitative estimate of drug-likeness (QED) is 0.797. The fraction of sp³-hybridized carbons (Fsp3) is 0.667. The van der Waals surface area contributed by atoms with E-state index in [0.29, 0.717) is 0 Å². The zero-order valence-electron chi connectivity index (χ0n) is 10.0. The zero-order valence-corrected chi connectivity index (χ0v) is 10.9. The standard InChI is InChI=1S/C12H19N3S/c1-3-5-16-8-12-14-10(4-2)9-6-13-7-11(9)15-12/h13H,3-8H2,1-2H3. The predicted octanol–water partition coefficient (Wildman–Crippen LogP) is 2.29. The second kappa shape index (κ2) is 5.64. The van der Waals surface area contributed by atoms with Gasteiger partial charge in [0, 0.05) is 24.3 Å². The van der Waals surface area contributed by atoms with E-state index in [0.717, 1.165) is 31.1 Å². The maximum atomic E-state index is 4.66. The summed E-state index contributed by atoms with van der Waals surface area (Å²) in [6.07, 6.45) is 2.23. The van der Waals surface area contributed by atoms with E-state index in [1.165, 1.54) is 29.1 Å². The molecule has 0 aromatic carbocycles. The molecule has 4 heteroatoms. The molecule has 1 aliphatic rings. The normalized spacial score (nSPS) is 14.1. The number of aryl methyl sites for hydroxylation is 1. The number of nitrogens with one attached hydrogen (secondary N) is 1. The van der Waals surface area contributed by atoms with Crippen molar-refractivity contribution < 1.29 is 0 Å². The summed E-state index contributed by atoms with van der Waals surface area (Å²) in [4.78, 5) is 9.30. The van der Waals surface area contributed by atoms with Crippen LogP contribution in [0.3, 0.4) is 0 Å². The molecule has 3 nitrogen and oxygen atoms in total. The Morgan fingerprint density at radius 3 is 2.88 bits per heavy atom. The summed E-state index contributed by atoms with van der Waals surface area (Å²) in [5.41, 5.74) is 3.80. The third kappa shape index (κ3) is 2.55. The first-order chi connectivity index (χ1) is 7.85. The van der Waals surface area contributed by atoms with Gasteiger partial charge in [-0.15, -0.1) is 0 Å². The highest BCUT2D eigenvalue weighted by atomic mass is 32.2. The van der Waals surface area contributed by atoms with Crippen LogP contribution in [0.1, 0.15) is 43.0 Å². The highest BCUT2D eigenvalue weighted by Crippen LogP contribution is 2.19. The van der Waals surface area contributed by atoms with Gasteiger partial charge in [-0.1, -0.05) is 13.8 Å². The molecule has 0 aliphatic carbocycles. The molecule has 0 saturated carbocycles. The lowest BCUT2D eigenvalue weighted by atomic mass is 10.1. The first-order valence-electron chi connectivity index (χ1n) is 6.01. The number of hydrogen-bond donors (Lipinski definition) is 1. The Bertz CT molecular complexity index is 366. The number of rotatable bonds is 5. The maximum absolute atomic E-state index is 4.66. The Balaban J connectivity index is 2.14. The summed E-state index contributed by atoms with van der Waals surface area (Å²) in [7, 11) is 0. The van der Waals surface area contributed by atoms with Crippen molar-refractivity contribution in [2.45, 2.75) is 45.5 Å². The lowest BCUT2D eigenvalue weighted by Gasteiger charge is -2.07. The van der Waals surface area contributed by atoms with Gasteiger partial charge in [-0.2, -0.15) is 11.8 Å². The van der Waals surface area contributed by atoms with Gasteiger partial charge in [0.15, 0.2) is 0 Å². The number of aromatic nitrogens is 2. The van der Waals surface area contributed by atoms with Gasteiger partial charge in [0.25, 0.3) is 0 Å². The number of hydrogen-bond acceptors (Lipinski definition) is 4. The number of thioether (sulfide) groups is 1. The summed E-state index contributed by atoms with van der Waals surface area (Å²) < 4.78 is 0. The lowest BCUT2D eigenvalue weighted by molar-refractivity contribution is 0.755. The van der Waals surface area contributed by atoms with Crippen molar-refractivity contribution in [2.75, 3.05) is 5.75 Å². The Hall–Kier alpha value is -0.610. The first-order valence-corrected chi connectivity index (χ1v) is 7.16. The van der Waals surface area contributed by atoms with Crippen LogP contribution in [0, 0.1) is 0 Å². The van der Waals surface area contributed by atoms with Crippen LogP contribution in [0.15, 0.2) is 0 Å². The van der Waals surface area contributed by atoms with Crippen LogP contribution in [0.5, 0.6) is 0 Å². The van der Waals surface area contributed by atoms with Crippen molar-refractivity contribution in [2.24, 2.45) is 0 Å². The third-order valence-corrected chi connectivity index (χ3v) is 3.89. The van der Waals surface area contributed by atoms with Crippen molar-refractivity contribution in [1.82, 2.24) is 15.3 Å². The van der Waals surface area contributed by atoms with Gasteiger partial charge >= 0.3 is 0 Å². The molecule has 0 radical (unpaired) electrons. The molecule has 2 heterocycles. The van der Waals surface area contributed by atoms with E-state index < -0.39 is 0 Å². The predicted molar refractivity (Wildman–Crippen MR) is 68.4 cm³/mol. The monoisotopic (exact) mass is 237 g/mol.